The van der Waals surface area contributed by atoms with E-state index in [1.54, 1.807) is 0 Å². The number of nitrogens with one attached hydrogen (secondary N) is 1. The topological polar surface area (TPSA) is 58.6 Å². The molecule has 0 bridgehead atoms. The first-order valence-corrected chi connectivity index (χ1v) is 7.37. The fourth-order valence-electron chi connectivity index (χ4n) is 3.42. The van der Waals surface area contributed by atoms with E-state index in [9.17, 15) is 9.90 Å². The summed E-state index contributed by atoms with van der Waals surface area (Å²) in [6.07, 6.45) is 7.45. The Morgan fingerprint density at radius 3 is 3.19 bits per heavy atom. The Kier molecular flexibility index (Phi) is 3.85. The van der Waals surface area contributed by atoms with Crippen molar-refractivity contribution < 1.29 is 14.6 Å². The van der Waals surface area contributed by atoms with Crippen molar-refractivity contribution in [3.05, 3.63) is 28.8 Å². The highest BCUT2D eigenvalue weighted by Crippen LogP contribution is 2.43. The summed E-state index contributed by atoms with van der Waals surface area (Å²) in [5, 5.41) is 12.6. The molecule has 2 aliphatic rings. The third-order valence-corrected chi connectivity index (χ3v) is 4.36. The van der Waals surface area contributed by atoms with Gasteiger partial charge in [-0.25, -0.2) is 0 Å². The van der Waals surface area contributed by atoms with E-state index in [-0.39, 0.29) is 18.4 Å². The van der Waals surface area contributed by atoms with E-state index in [2.05, 4.69) is 17.3 Å². The van der Waals surface area contributed by atoms with Gasteiger partial charge in [-0.3, -0.25) is 4.79 Å². The van der Waals surface area contributed by atoms with Crippen LogP contribution in [0.5, 0.6) is 5.75 Å². The molecular formula is C17H19NO3. The molecule has 1 heterocycles. The van der Waals surface area contributed by atoms with Crippen LogP contribution >= 0.6 is 0 Å². The van der Waals surface area contributed by atoms with Crippen molar-refractivity contribution in [1.82, 2.24) is 5.32 Å². The van der Waals surface area contributed by atoms with Crippen LogP contribution in [-0.4, -0.2) is 30.3 Å². The van der Waals surface area contributed by atoms with Gasteiger partial charge >= 0.3 is 0 Å². The molecule has 1 aliphatic carbocycles. The van der Waals surface area contributed by atoms with Crippen LogP contribution in [0.2, 0.25) is 0 Å². The van der Waals surface area contributed by atoms with Crippen molar-refractivity contribution in [2.75, 3.05) is 13.2 Å². The molecule has 2 N–H and O–H groups in total. The summed E-state index contributed by atoms with van der Waals surface area (Å²) in [5.41, 5.74) is 3.90. The Morgan fingerprint density at radius 1 is 1.52 bits per heavy atom. The maximum atomic E-state index is 11.8. The van der Waals surface area contributed by atoms with Crippen LogP contribution in [0.3, 0.4) is 0 Å². The fraction of sp³-hybridized carbons (Fsp3) is 0.471. The number of terminal acetylenes is 1. The molecule has 0 saturated carbocycles. The summed E-state index contributed by atoms with van der Waals surface area (Å²) >= 11 is 0. The van der Waals surface area contributed by atoms with Gasteiger partial charge in [0.1, 0.15) is 11.9 Å². The molecule has 1 aromatic rings. The van der Waals surface area contributed by atoms with Gasteiger partial charge in [0, 0.05) is 12.0 Å². The SMILES string of the molecule is C#CCNC(=O)[C@@H](O)C[C@@H]1CCc2ccc3c(c21)CCO3. The molecule has 0 spiro atoms. The molecule has 4 heteroatoms. The minimum absolute atomic E-state index is 0.153. The van der Waals surface area contributed by atoms with Gasteiger partial charge in [0.15, 0.2) is 0 Å². The van der Waals surface area contributed by atoms with Crippen LogP contribution < -0.4 is 10.1 Å². The Morgan fingerprint density at radius 2 is 2.38 bits per heavy atom. The molecule has 1 amide bonds. The van der Waals surface area contributed by atoms with E-state index in [1.807, 2.05) is 6.07 Å². The Hall–Kier alpha value is -1.99. The number of amides is 1. The lowest BCUT2D eigenvalue weighted by Gasteiger charge is -2.18. The van der Waals surface area contributed by atoms with E-state index in [0.29, 0.717) is 6.42 Å². The van der Waals surface area contributed by atoms with Crippen molar-refractivity contribution in [2.45, 2.75) is 37.7 Å². The summed E-state index contributed by atoms with van der Waals surface area (Å²) < 4.78 is 5.61. The van der Waals surface area contributed by atoms with Gasteiger partial charge < -0.3 is 15.2 Å². The molecule has 0 saturated heterocycles. The average Bonchev–Trinajstić information content (AvgIpc) is 3.10. The van der Waals surface area contributed by atoms with Gasteiger partial charge in [-0.05, 0) is 42.4 Å². The quantitative estimate of drug-likeness (QED) is 0.816. The van der Waals surface area contributed by atoms with Crippen molar-refractivity contribution in [3.8, 4) is 18.1 Å². The second kappa shape index (κ2) is 5.79. The maximum Gasteiger partial charge on any atom is 0.249 e. The number of fused-ring (bicyclic) bond motifs is 3. The average molecular weight is 285 g/mol. The molecule has 2 atom stereocenters. The first-order chi connectivity index (χ1) is 10.2. The Labute approximate surface area is 124 Å². The van der Waals surface area contributed by atoms with Crippen LogP contribution in [0.1, 0.15) is 35.4 Å². The number of ether oxygens (including phenoxy) is 1. The summed E-state index contributed by atoms with van der Waals surface area (Å²) in [4.78, 5) is 11.8. The molecule has 21 heavy (non-hydrogen) atoms. The minimum atomic E-state index is -1.01. The van der Waals surface area contributed by atoms with Gasteiger partial charge in [0.05, 0.1) is 13.2 Å². The highest BCUT2D eigenvalue weighted by Gasteiger charge is 2.32. The number of aliphatic hydroxyl groups excluding tert-OH is 1. The zero-order valence-electron chi connectivity index (χ0n) is 11.9. The maximum absolute atomic E-state index is 11.8. The number of aryl methyl sites for hydroxylation is 1. The van der Waals surface area contributed by atoms with Crippen molar-refractivity contribution in [1.29, 1.82) is 0 Å². The number of hydrogen-bond donors (Lipinski definition) is 2. The number of rotatable bonds is 4. The van der Waals surface area contributed by atoms with E-state index in [4.69, 9.17) is 11.2 Å². The standard InChI is InChI=1S/C17H19NO3/c1-2-8-18-17(20)14(19)10-12-4-3-11-5-6-15-13(16(11)12)7-9-21-15/h1,5-6,12,14,19H,3-4,7-10H2,(H,18,20)/t12-,14-/m0/s1. The normalized spacial score (nSPS) is 20.1. The van der Waals surface area contributed by atoms with Crippen molar-refractivity contribution in [3.63, 3.8) is 0 Å². The van der Waals surface area contributed by atoms with Gasteiger partial charge in [-0.2, -0.15) is 0 Å². The zero-order valence-corrected chi connectivity index (χ0v) is 11.9. The van der Waals surface area contributed by atoms with E-state index < -0.39 is 6.10 Å². The summed E-state index contributed by atoms with van der Waals surface area (Å²) in [6.45, 7) is 0.879. The lowest BCUT2D eigenvalue weighted by Crippen LogP contribution is -2.35. The van der Waals surface area contributed by atoms with E-state index >= 15 is 0 Å². The largest absolute Gasteiger partial charge is 0.493 e. The molecule has 4 nitrogen and oxygen atoms in total. The molecule has 1 aliphatic heterocycles. The van der Waals surface area contributed by atoms with Crippen LogP contribution in [0.25, 0.3) is 0 Å². The zero-order chi connectivity index (χ0) is 14.8. The van der Waals surface area contributed by atoms with E-state index in [0.717, 1.165) is 31.6 Å². The van der Waals surface area contributed by atoms with Gasteiger partial charge in [-0.1, -0.05) is 12.0 Å². The lowest BCUT2D eigenvalue weighted by molar-refractivity contribution is -0.129. The Bertz CT molecular complexity index is 603. The number of carbonyl (C=O) groups is 1. The van der Waals surface area contributed by atoms with Gasteiger partial charge in [-0.15, -0.1) is 6.42 Å². The lowest BCUT2D eigenvalue weighted by atomic mass is 9.90. The van der Waals surface area contributed by atoms with Crippen LogP contribution in [0.15, 0.2) is 12.1 Å². The monoisotopic (exact) mass is 285 g/mol. The molecule has 0 fully saturated rings. The third-order valence-electron chi connectivity index (χ3n) is 4.36. The predicted octanol–water partition coefficient (Wildman–Crippen LogP) is 1.15. The van der Waals surface area contributed by atoms with Crippen LogP contribution in [-0.2, 0) is 17.6 Å². The van der Waals surface area contributed by atoms with Gasteiger partial charge in [0.2, 0.25) is 5.91 Å². The van der Waals surface area contributed by atoms with Crippen LogP contribution in [0, 0.1) is 12.3 Å². The number of carbonyl (C=O) groups excluding carboxylic acids is 1. The fourth-order valence-corrected chi connectivity index (χ4v) is 3.42. The highest BCUT2D eigenvalue weighted by atomic mass is 16.5. The summed E-state index contributed by atoms with van der Waals surface area (Å²) in [6, 6.07) is 4.16. The minimum Gasteiger partial charge on any atom is -0.493 e. The molecule has 0 unspecified atom stereocenters. The predicted molar refractivity (Wildman–Crippen MR) is 79.2 cm³/mol. The molecular weight excluding hydrogens is 266 g/mol. The molecule has 0 radical (unpaired) electrons. The third kappa shape index (κ3) is 2.62. The van der Waals surface area contributed by atoms with Gasteiger partial charge in [0.25, 0.3) is 0 Å². The second-order valence-corrected chi connectivity index (χ2v) is 5.62. The van der Waals surface area contributed by atoms with Crippen molar-refractivity contribution in [2.24, 2.45) is 0 Å². The highest BCUT2D eigenvalue weighted by molar-refractivity contribution is 5.80. The first-order valence-electron chi connectivity index (χ1n) is 7.37. The van der Waals surface area contributed by atoms with E-state index in [1.165, 1.54) is 16.7 Å². The molecule has 3 rings (SSSR count). The summed E-state index contributed by atoms with van der Waals surface area (Å²) in [5.74, 6) is 3.14. The first kappa shape index (κ1) is 14.0. The number of hydrogen-bond acceptors (Lipinski definition) is 3. The number of aliphatic hydroxyl groups is 1. The number of benzene rings is 1. The Balaban J connectivity index is 1.74. The van der Waals surface area contributed by atoms with Crippen molar-refractivity contribution >= 4 is 5.91 Å². The van der Waals surface area contributed by atoms with Crippen LogP contribution in [0.4, 0.5) is 0 Å². The molecule has 110 valence electrons. The molecule has 0 aromatic heterocycles. The second-order valence-electron chi connectivity index (χ2n) is 5.62. The smallest absolute Gasteiger partial charge is 0.249 e. The molecule has 1 aromatic carbocycles. The summed E-state index contributed by atoms with van der Waals surface area (Å²) in [7, 11) is 0.